The Balaban J connectivity index is 2.05. The van der Waals surface area contributed by atoms with E-state index in [9.17, 15) is 9.59 Å². The lowest BCUT2D eigenvalue weighted by atomic mass is 9.95. The maximum Gasteiger partial charge on any atom is 0.338 e. The van der Waals surface area contributed by atoms with E-state index < -0.39 is 12.0 Å². The number of methoxy groups -OCH3 is 2. The monoisotopic (exact) mass is 522 g/mol. The number of thiazole rings is 1. The number of aromatic nitrogens is 1. The van der Waals surface area contributed by atoms with Gasteiger partial charge in [-0.1, -0.05) is 58.3 Å². The number of carbonyl (C=O) groups is 1. The van der Waals surface area contributed by atoms with E-state index in [1.54, 1.807) is 49.4 Å². The average molecular weight is 524 g/mol. The van der Waals surface area contributed by atoms with Crippen molar-refractivity contribution in [2.45, 2.75) is 13.0 Å². The van der Waals surface area contributed by atoms with Crippen LogP contribution in [0.15, 0.2) is 57.5 Å². The number of hydrogen-bond acceptors (Lipinski definition) is 6. The fraction of sp³-hybridized carbons (Fsp3) is 0.174. The van der Waals surface area contributed by atoms with Crippen LogP contribution in [0.1, 0.15) is 24.1 Å². The third-order valence-electron chi connectivity index (χ3n) is 5.18. The van der Waals surface area contributed by atoms with Gasteiger partial charge in [0.05, 0.1) is 40.1 Å². The van der Waals surface area contributed by atoms with E-state index in [0.29, 0.717) is 47.0 Å². The van der Waals surface area contributed by atoms with Crippen molar-refractivity contribution < 1.29 is 14.3 Å². The van der Waals surface area contributed by atoms with Crippen LogP contribution >= 0.6 is 46.1 Å². The van der Waals surface area contributed by atoms with Gasteiger partial charge in [0.2, 0.25) is 0 Å². The lowest BCUT2D eigenvalue weighted by molar-refractivity contribution is -0.136. The first kappa shape index (κ1) is 23.6. The molecule has 2 aromatic carbocycles. The van der Waals surface area contributed by atoms with E-state index in [-0.39, 0.29) is 11.1 Å². The van der Waals surface area contributed by atoms with Crippen molar-refractivity contribution in [2.24, 2.45) is 4.99 Å². The predicted molar refractivity (Wildman–Crippen MR) is 130 cm³/mol. The van der Waals surface area contributed by atoms with Crippen molar-refractivity contribution in [2.75, 3.05) is 14.2 Å². The zero-order valence-corrected chi connectivity index (χ0v) is 20.8. The molecule has 10 heteroatoms. The Kier molecular flexibility index (Phi) is 6.68. The van der Waals surface area contributed by atoms with E-state index in [4.69, 9.17) is 44.3 Å². The molecule has 1 aliphatic rings. The summed E-state index contributed by atoms with van der Waals surface area (Å²) >= 11 is 19.9. The summed E-state index contributed by atoms with van der Waals surface area (Å²) in [4.78, 5) is 31.3. The Labute approximate surface area is 208 Å². The van der Waals surface area contributed by atoms with Gasteiger partial charge in [-0.25, -0.2) is 9.79 Å². The van der Waals surface area contributed by atoms with Crippen LogP contribution in [-0.4, -0.2) is 24.8 Å². The van der Waals surface area contributed by atoms with Crippen LogP contribution in [-0.2, 0) is 9.53 Å². The molecule has 170 valence electrons. The largest absolute Gasteiger partial charge is 0.496 e. The number of rotatable bonds is 4. The SMILES string of the molecule is COC(=O)C1=C(C)N=c2s/c(=C\c3cccc(Cl)c3Cl)c(=O)n2[C@H]1c1cc(Cl)ccc1OC. The summed E-state index contributed by atoms with van der Waals surface area (Å²) in [6.45, 7) is 1.70. The minimum atomic E-state index is -0.848. The van der Waals surface area contributed by atoms with E-state index in [0.717, 1.165) is 0 Å². The van der Waals surface area contributed by atoms with Crippen molar-refractivity contribution in [3.63, 3.8) is 0 Å². The van der Waals surface area contributed by atoms with Gasteiger partial charge in [-0.15, -0.1) is 0 Å². The molecule has 0 N–H and O–H groups in total. The van der Waals surface area contributed by atoms with Crippen molar-refractivity contribution in [3.8, 4) is 5.75 Å². The molecule has 3 aromatic rings. The molecule has 0 saturated heterocycles. The summed E-state index contributed by atoms with van der Waals surface area (Å²) in [6, 6.07) is 9.34. The molecule has 0 radical (unpaired) electrons. The third-order valence-corrected chi connectivity index (χ3v) is 7.23. The molecule has 0 unspecified atom stereocenters. The quantitative estimate of drug-likeness (QED) is 0.476. The van der Waals surface area contributed by atoms with Crippen LogP contribution < -0.4 is 19.6 Å². The van der Waals surface area contributed by atoms with Crippen LogP contribution in [0.2, 0.25) is 15.1 Å². The zero-order valence-electron chi connectivity index (χ0n) is 17.7. The van der Waals surface area contributed by atoms with Crippen molar-refractivity contribution >= 4 is 58.2 Å². The molecule has 0 aliphatic carbocycles. The summed E-state index contributed by atoms with van der Waals surface area (Å²) in [5.41, 5.74) is 1.43. The maximum absolute atomic E-state index is 13.6. The fourth-order valence-electron chi connectivity index (χ4n) is 3.68. The molecule has 2 heterocycles. The van der Waals surface area contributed by atoms with E-state index in [2.05, 4.69) is 4.99 Å². The third kappa shape index (κ3) is 4.22. The summed E-state index contributed by atoms with van der Waals surface area (Å²) in [6.07, 6.45) is 1.65. The van der Waals surface area contributed by atoms with Gasteiger partial charge in [0.1, 0.15) is 11.8 Å². The Hall–Kier alpha value is -2.58. The highest BCUT2D eigenvalue weighted by Crippen LogP contribution is 2.37. The lowest BCUT2D eigenvalue weighted by Crippen LogP contribution is -2.40. The van der Waals surface area contributed by atoms with Crippen LogP contribution in [0.3, 0.4) is 0 Å². The number of benzene rings is 2. The Morgan fingerprint density at radius 3 is 2.64 bits per heavy atom. The van der Waals surface area contributed by atoms with Crippen molar-refractivity contribution in [1.29, 1.82) is 0 Å². The average Bonchev–Trinajstić information content (AvgIpc) is 3.10. The second-order valence-electron chi connectivity index (χ2n) is 7.10. The van der Waals surface area contributed by atoms with Crippen LogP contribution in [0.4, 0.5) is 0 Å². The molecule has 0 saturated carbocycles. The number of allylic oxidation sites excluding steroid dienone is 1. The molecule has 0 spiro atoms. The van der Waals surface area contributed by atoms with Gasteiger partial charge in [0.25, 0.3) is 5.56 Å². The minimum absolute atomic E-state index is 0.220. The highest BCUT2D eigenvalue weighted by molar-refractivity contribution is 7.07. The molecule has 0 bridgehead atoms. The smallest absolute Gasteiger partial charge is 0.338 e. The van der Waals surface area contributed by atoms with E-state index >= 15 is 0 Å². The molecule has 6 nitrogen and oxygen atoms in total. The highest BCUT2D eigenvalue weighted by Gasteiger charge is 2.35. The second kappa shape index (κ2) is 9.35. The summed E-state index contributed by atoms with van der Waals surface area (Å²) in [7, 11) is 2.78. The number of esters is 1. The Morgan fingerprint density at radius 2 is 1.94 bits per heavy atom. The maximum atomic E-state index is 13.6. The molecule has 4 rings (SSSR count). The molecule has 1 atom stereocenters. The van der Waals surface area contributed by atoms with Crippen LogP contribution in [0, 0.1) is 0 Å². The number of halogens is 3. The summed E-state index contributed by atoms with van der Waals surface area (Å²) in [5, 5.41) is 1.14. The van der Waals surface area contributed by atoms with Crippen LogP contribution in [0.25, 0.3) is 6.08 Å². The standard InChI is InChI=1S/C23H17Cl3N2O4S/c1-11-18(22(30)32-3)20(14-10-13(24)7-8-16(14)31-2)28-21(29)17(33-23(28)27-11)9-12-5-4-6-15(25)19(12)26/h4-10,20H,1-3H3/b17-9-/t20-/m0/s1. The first-order valence-corrected chi connectivity index (χ1v) is 11.6. The zero-order chi connectivity index (χ0) is 23.9. The summed E-state index contributed by atoms with van der Waals surface area (Å²) in [5.74, 6) is -0.136. The van der Waals surface area contributed by atoms with Crippen LogP contribution in [0.5, 0.6) is 5.75 Å². The van der Waals surface area contributed by atoms with Crippen molar-refractivity contribution in [1.82, 2.24) is 4.57 Å². The van der Waals surface area contributed by atoms with Gasteiger partial charge < -0.3 is 9.47 Å². The normalized spacial score (nSPS) is 15.8. The topological polar surface area (TPSA) is 69.9 Å². The first-order chi connectivity index (χ1) is 15.8. The number of fused-ring (bicyclic) bond motifs is 1. The molecular weight excluding hydrogens is 507 g/mol. The molecule has 1 aromatic heterocycles. The van der Waals surface area contributed by atoms with Gasteiger partial charge in [-0.2, -0.15) is 0 Å². The van der Waals surface area contributed by atoms with Gasteiger partial charge in [0.15, 0.2) is 4.80 Å². The predicted octanol–water partition coefficient (Wildman–Crippen LogP) is 4.38. The van der Waals surface area contributed by atoms with E-state index in [1.807, 2.05) is 0 Å². The number of nitrogens with zero attached hydrogens (tertiary/aromatic N) is 2. The minimum Gasteiger partial charge on any atom is -0.496 e. The summed E-state index contributed by atoms with van der Waals surface area (Å²) < 4.78 is 12.4. The molecule has 0 fully saturated rings. The Bertz CT molecular complexity index is 1490. The second-order valence-corrected chi connectivity index (χ2v) is 9.33. The first-order valence-electron chi connectivity index (χ1n) is 9.65. The van der Waals surface area contributed by atoms with Gasteiger partial charge in [-0.3, -0.25) is 9.36 Å². The fourth-order valence-corrected chi connectivity index (χ4v) is 5.26. The Morgan fingerprint density at radius 1 is 1.18 bits per heavy atom. The van der Waals surface area contributed by atoms with Gasteiger partial charge in [-0.05, 0) is 42.8 Å². The van der Waals surface area contributed by atoms with Gasteiger partial charge in [0, 0.05) is 10.6 Å². The highest BCUT2D eigenvalue weighted by atomic mass is 35.5. The molecule has 0 amide bonds. The van der Waals surface area contributed by atoms with Crippen molar-refractivity contribution in [3.05, 3.63) is 93.6 Å². The molecular formula is C23H17Cl3N2O4S. The lowest BCUT2D eigenvalue weighted by Gasteiger charge is -2.25. The number of hydrogen-bond donors (Lipinski definition) is 0. The van der Waals surface area contributed by atoms with Gasteiger partial charge >= 0.3 is 5.97 Å². The number of ether oxygens (including phenoxy) is 2. The molecule has 33 heavy (non-hydrogen) atoms. The number of carbonyl (C=O) groups excluding carboxylic acids is 1. The molecule has 1 aliphatic heterocycles. The van der Waals surface area contributed by atoms with E-state index in [1.165, 1.54) is 30.1 Å².